The maximum atomic E-state index is 11.7. The Morgan fingerprint density at radius 3 is 1.93 bits per heavy atom. The summed E-state index contributed by atoms with van der Waals surface area (Å²) in [5.74, 6) is 0.116. The number of piperazine rings is 1. The number of amides is 1. The van der Waals surface area contributed by atoms with E-state index in [1.807, 2.05) is 4.90 Å². The van der Waals surface area contributed by atoms with E-state index in [9.17, 15) is 4.79 Å². The fourth-order valence-corrected chi connectivity index (χ4v) is 3.39. The molecular weight excluding hydrogens is 204 g/mol. The van der Waals surface area contributed by atoms with Crippen LogP contribution in [0.25, 0.3) is 0 Å². The van der Waals surface area contributed by atoms with Gasteiger partial charge in [0, 0.05) is 31.8 Å². The second-order valence-corrected chi connectivity index (χ2v) is 10.2. The molecule has 1 aliphatic heterocycles. The molecule has 1 aliphatic rings. The van der Waals surface area contributed by atoms with Crippen molar-refractivity contribution in [3.8, 4) is 0 Å². The van der Waals surface area contributed by atoms with Crippen molar-refractivity contribution in [3.63, 3.8) is 0 Å². The Morgan fingerprint density at radius 2 is 1.60 bits per heavy atom. The van der Waals surface area contributed by atoms with Crippen LogP contribution in [-0.4, -0.2) is 49.8 Å². The van der Waals surface area contributed by atoms with Crippen LogP contribution in [0.15, 0.2) is 12.2 Å². The zero-order valence-corrected chi connectivity index (χ0v) is 11.3. The van der Waals surface area contributed by atoms with Crippen molar-refractivity contribution in [1.82, 2.24) is 9.47 Å². The maximum absolute atomic E-state index is 11.7. The molecule has 1 amide bonds. The highest BCUT2D eigenvalue weighted by molar-refractivity contribution is 6.73. The molecule has 0 atom stereocenters. The van der Waals surface area contributed by atoms with Crippen LogP contribution >= 0.6 is 0 Å². The standard InChI is InChI=1S/C11H22N2OSi/c1-10(2)11(14)12-6-8-13(9-7-12)15(3,4)5/h1,6-9H2,2-5H3. The zero-order valence-electron chi connectivity index (χ0n) is 10.3. The topological polar surface area (TPSA) is 23.6 Å². The van der Waals surface area contributed by atoms with Crippen molar-refractivity contribution in [2.75, 3.05) is 26.2 Å². The fraction of sp³-hybridized carbons (Fsp3) is 0.727. The minimum atomic E-state index is -1.17. The third kappa shape index (κ3) is 3.17. The van der Waals surface area contributed by atoms with Crippen LogP contribution in [-0.2, 0) is 4.79 Å². The Labute approximate surface area is 93.8 Å². The molecule has 1 rings (SSSR count). The van der Waals surface area contributed by atoms with E-state index in [0.717, 1.165) is 26.2 Å². The van der Waals surface area contributed by atoms with E-state index in [1.54, 1.807) is 6.92 Å². The number of carbonyl (C=O) groups is 1. The largest absolute Gasteiger partial charge is 0.336 e. The summed E-state index contributed by atoms with van der Waals surface area (Å²) in [7, 11) is -1.17. The van der Waals surface area contributed by atoms with Crippen molar-refractivity contribution < 1.29 is 4.79 Å². The monoisotopic (exact) mass is 226 g/mol. The SMILES string of the molecule is C=C(C)C(=O)N1CCN([Si](C)(C)C)CC1. The van der Waals surface area contributed by atoms with E-state index in [4.69, 9.17) is 0 Å². The first-order valence-electron chi connectivity index (χ1n) is 5.52. The molecule has 3 nitrogen and oxygen atoms in total. The van der Waals surface area contributed by atoms with Gasteiger partial charge in [-0.15, -0.1) is 0 Å². The molecule has 0 radical (unpaired) electrons. The van der Waals surface area contributed by atoms with Gasteiger partial charge < -0.3 is 9.47 Å². The summed E-state index contributed by atoms with van der Waals surface area (Å²) >= 11 is 0. The normalized spacial score (nSPS) is 19.1. The third-order valence-corrected chi connectivity index (χ3v) is 5.23. The molecule has 0 bridgehead atoms. The van der Waals surface area contributed by atoms with Gasteiger partial charge in [0.1, 0.15) is 8.24 Å². The molecule has 1 heterocycles. The van der Waals surface area contributed by atoms with Crippen LogP contribution in [0.4, 0.5) is 0 Å². The maximum Gasteiger partial charge on any atom is 0.248 e. The third-order valence-electron chi connectivity index (χ3n) is 2.88. The van der Waals surface area contributed by atoms with Crippen LogP contribution in [0.1, 0.15) is 6.92 Å². The lowest BCUT2D eigenvalue weighted by atomic mass is 10.2. The lowest BCUT2D eigenvalue weighted by Crippen LogP contribution is -2.57. The number of hydrogen-bond donors (Lipinski definition) is 0. The highest BCUT2D eigenvalue weighted by Crippen LogP contribution is 2.13. The summed E-state index contributed by atoms with van der Waals surface area (Å²) in [6.07, 6.45) is 0. The molecule has 0 aromatic heterocycles. The molecule has 0 unspecified atom stereocenters. The molecule has 0 aliphatic carbocycles. The highest BCUT2D eigenvalue weighted by atomic mass is 28.3. The van der Waals surface area contributed by atoms with E-state index < -0.39 is 8.24 Å². The van der Waals surface area contributed by atoms with Gasteiger partial charge >= 0.3 is 0 Å². The van der Waals surface area contributed by atoms with Gasteiger partial charge in [0.2, 0.25) is 5.91 Å². The van der Waals surface area contributed by atoms with Gasteiger partial charge in [0.05, 0.1) is 0 Å². The first kappa shape index (κ1) is 12.5. The van der Waals surface area contributed by atoms with Crippen molar-refractivity contribution in [2.45, 2.75) is 26.6 Å². The lowest BCUT2D eigenvalue weighted by molar-refractivity contribution is -0.128. The van der Waals surface area contributed by atoms with Crippen molar-refractivity contribution in [3.05, 3.63) is 12.2 Å². The number of carbonyl (C=O) groups excluding carboxylic acids is 1. The molecule has 0 aromatic rings. The Morgan fingerprint density at radius 1 is 1.13 bits per heavy atom. The summed E-state index contributed by atoms with van der Waals surface area (Å²) in [4.78, 5) is 13.6. The molecular formula is C11H22N2OSi. The number of hydrogen-bond acceptors (Lipinski definition) is 2. The second kappa shape index (κ2) is 4.49. The highest BCUT2D eigenvalue weighted by Gasteiger charge is 2.29. The predicted molar refractivity (Wildman–Crippen MR) is 66.3 cm³/mol. The molecule has 86 valence electrons. The van der Waals surface area contributed by atoms with Crippen LogP contribution in [0.3, 0.4) is 0 Å². The molecule has 1 fully saturated rings. The van der Waals surface area contributed by atoms with E-state index in [2.05, 4.69) is 30.8 Å². The average molecular weight is 226 g/mol. The Kier molecular flexibility index (Phi) is 3.73. The summed E-state index contributed by atoms with van der Waals surface area (Å²) in [5.41, 5.74) is 0.649. The van der Waals surface area contributed by atoms with Crippen molar-refractivity contribution >= 4 is 14.1 Å². The van der Waals surface area contributed by atoms with Crippen LogP contribution in [0.2, 0.25) is 19.6 Å². The minimum absolute atomic E-state index is 0.116. The Hall–Kier alpha value is -0.613. The Bertz CT molecular complexity index is 262. The molecule has 15 heavy (non-hydrogen) atoms. The minimum Gasteiger partial charge on any atom is -0.336 e. The fourth-order valence-electron chi connectivity index (χ4n) is 1.85. The number of nitrogens with zero attached hydrogens (tertiary/aromatic N) is 2. The molecule has 1 saturated heterocycles. The quantitative estimate of drug-likeness (QED) is 0.527. The molecule has 0 saturated carbocycles. The van der Waals surface area contributed by atoms with Crippen LogP contribution in [0, 0.1) is 0 Å². The lowest BCUT2D eigenvalue weighted by Gasteiger charge is -2.41. The van der Waals surface area contributed by atoms with Crippen molar-refractivity contribution in [1.29, 1.82) is 0 Å². The second-order valence-electron chi connectivity index (χ2n) is 5.23. The summed E-state index contributed by atoms with van der Waals surface area (Å²) < 4.78 is 2.55. The Balaban J connectivity index is 2.50. The average Bonchev–Trinajstić information content (AvgIpc) is 2.15. The molecule has 0 N–H and O–H groups in total. The first-order chi connectivity index (χ1) is 6.82. The zero-order chi connectivity index (χ0) is 11.6. The predicted octanol–water partition coefficient (Wildman–Crippen LogP) is 1.54. The smallest absolute Gasteiger partial charge is 0.248 e. The van der Waals surface area contributed by atoms with Gasteiger partial charge in [-0.2, -0.15) is 0 Å². The van der Waals surface area contributed by atoms with Crippen LogP contribution < -0.4 is 0 Å². The van der Waals surface area contributed by atoms with Gasteiger partial charge in [0.25, 0.3) is 0 Å². The van der Waals surface area contributed by atoms with E-state index in [0.29, 0.717) is 5.57 Å². The van der Waals surface area contributed by atoms with Gasteiger partial charge in [-0.3, -0.25) is 4.79 Å². The van der Waals surface area contributed by atoms with Crippen molar-refractivity contribution in [2.24, 2.45) is 0 Å². The first-order valence-corrected chi connectivity index (χ1v) is 8.97. The van der Waals surface area contributed by atoms with Gasteiger partial charge in [0.15, 0.2) is 0 Å². The summed E-state index contributed by atoms with van der Waals surface area (Å²) in [5, 5.41) is 0. The number of rotatable bonds is 2. The van der Waals surface area contributed by atoms with E-state index in [1.165, 1.54) is 0 Å². The van der Waals surface area contributed by atoms with Gasteiger partial charge in [-0.05, 0) is 6.92 Å². The van der Waals surface area contributed by atoms with E-state index >= 15 is 0 Å². The van der Waals surface area contributed by atoms with Gasteiger partial charge in [-0.25, -0.2) is 0 Å². The molecule has 0 spiro atoms. The van der Waals surface area contributed by atoms with Gasteiger partial charge in [-0.1, -0.05) is 26.2 Å². The molecule has 0 aromatic carbocycles. The summed E-state index contributed by atoms with van der Waals surface area (Å²) in [6.45, 7) is 16.3. The summed E-state index contributed by atoms with van der Waals surface area (Å²) in [6, 6.07) is 0. The molecule has 4 heteroatoms. The van der Waals surface area contributed by atoms with E-state index in [-0.39, 0.29) is 5.91 Å². The van der Waals surface area contributed by atoms with Crippen LogP contribution in [0.5, 0.6) is 0 Å².